The fourth-order valence-electron chi connectivity index (χ4n) is 1.34. The van der Waals surface area contributed by atoms with Crippen LogP contribution in [0.3, 0.4) is 0 Å². The molecule has 0 spiro atoms. The van der Waals surface area contributed by atoms with Crippen molar-refractivity contribution in [3.05, 3.63) is 17.6 Å². The molecule has 2 aromatic heterocycles. The molecule has 0 bridgehead atoms. The van der Waals surface area contributed by atoms with E-state index in [2.05, 4.69) is 20.6 Å². The van der Waals surface area contributed by atoms with Gasteiger partial charge in [0.15, 0.2) is 5.82 Å². The minimum absolute atomic E-state index is 0.541. The first kappa shape index (κ1) is 9.63. The molecule has 0 aromatic carbocycles. The third-order valence-electron chi connectivity index (χ3n) is 2.19. The zero-order chi connectivity index (χ0) is 10.8. The van der Waals surface area contributed by atoms with Gasteiger partial charge in [-0.2, -0.15) is 5.10 Å². The smallest absolute Gasteiger partial charge is 0.172 e. The largest absolute Gasteiger partial charge is 0.382 e. The van der Waals surface area contributed by atoms with Crippen LogP contribution in [0.5, 0.6) is 0 Å². The Bertz CT molecular complexity index is 436. The van der Waals surface area contributed by atoms with E-state index in [1.807, 2.05) is 20.0 Å². The summed E-state index contributed by atoms with van der Waals surface area (Å²) in [4.78, 5) is 0. The summed E-state index contributed by atoms with van der Waals surface area (Å²) in [5, 5.41) is 15.5. The first-order valence-corrected chi connectivity index (χ1v) is 4.75. The first-order valence-electron chi connectivity index (χ1n) is 4.75. The zero-order valence-corrected chi connectivity index (χ0v) is 8.75. The molecule has 0 unspecified atom stereocenters. The van der Waals surface area contributed by atoms with Crippen LogP contribution in [0.4, 0.5) is 5.82 Å². The monoisotopic (exact) mass is 207 g/mol. The number of hydrogen-bond acceptors (Lipinski definition) is 5. The van der Waals surface area contributed by atoms with Gasteiger partial charge in [0.1, 0.15) is 12.4 Å². The summed E-state index contributed by atoms with van der Waals surface area (Å²) in [6.45, 7) is 5.20. The SMILES string of the molecule is CCn1nnnc1Cn1cc(C)c(N)n1. The molecular formula is C8H13N7. The molecule has 7 heteroatoms. The highest BCUT2D eigenvalue weighted by Crippen LogP contribution is 2.07. The molecule has 2 aromatic rings. The van der Waals surface area contributed by atoms with Crippen molar-refractivity contribution in [2.24, 2.45) is 0 Å². The van der Waals surface area contributed by atoms with Crippen molar-refractivity contribution in [3.8, 4) is 0 Å². The van der Waals surface area contributed by atoms with Crippen LogP contribution < -0.4 is 5.73 Å². The first-order chi connectivity index (χ1) is 7.20. The minimum Gasteiger partial charge on any atom is -0.382 e. The molecule has 0 aliphatic rings. The summed E-state index contributed by atoms with van der Waals surface area (Å²) in [5.74, 6) is 1.32. The van der Waals surface area contributed by atoms with Crippen LogP contribution in [0.2, 0.25) is 0 Å². The number of aryl methyl sites for hydroxylation is 2. The third-order valence-corrected chi connectivity index (χ3v) is 2.19. The van der Waals surface area contributed by atoms with Crippen molar-refractivity contribution < 1.29 is 0 Å². The Morgan fingerprint density at radius 2 is 2.27 bits per heavy atom. The molecular weight excluding hydrogens is 194 g/mol. The maximum Gasteiger partial charge on any atom is 0.172 e. The number of nitrogens with zero attached hydrogens (tertiary/aromatic N) is 6. The molecule has 0 atom stereocenters. The Balaban J connectivity index is 2.21. The number of hydrogen-bond donors (Lipinski definition) is 1. The number of tetrazole rings is 1. The molecule has 0 radical (unpaired) electrons. The van der Waals surface area contributed by atoms with Gasteiger partial charge in [0.05, 0.1) is 0 Å². The van der Waals surface area contributed by atoms with Gasteiger partial charge in [0.25, 0.3) is 0 Å². The second kappa shape index (κ2) is 3.68. The van der Waals surface area contributed by atoms with Gasteiger partial charge in [-0.1, -0.05) is 0 Å². The van der Waals surface area contributed by atoms with E-state index in [0.717, 1.165) is 17.9 Å². The van der Waals surface area contributed by atoms with Crippen molar-refractivity contribution in [1.82, 2.24) is 30.0 Å². The Kier molecular flexibility index (Phi) is 2.36. The van der Waals surface area contributed by atoms with Gasteiger partial charge < -0.3 is 5.73 Å². The van der Waals surface area contributed by atoms with E-state index in [1.165, 1.54) is 0 Å². The highest BCUT2D eigenvalue weighted by molar-refractivity contribution is 5.35. The Morgan fingerprint density at radius 1 is 1.47 bits per heavy atom. The number of anilines is 1. The summed E-state index contributed by atoms with van der Waals surface area (Å²) in [6, 6.07) is 0. The summed E-state index contributed by atoms with van der Waals surface area (Å²) in [7, 11) is 0. The molecule has 0 saturated carbocycles. The number of nitrogens with two attached hydrogens (primary N) is 1. The van der Waals surface area contributed by atoms with E-state index in [0.29, 0.717) is 12.4 Å². The lowest BCUT2D eigenvalue weighted by Crippen LogP contribution is -2.09. The topological polar surface area (TPSA) is 87.4 Å². The maximum atomic E-state index is 5.65. The van der Waals surface area contributed by atoms with Crippen LogP contribution in [0, 0.1) is 6.92 Å². The summed E-state index contributed by atoms with van der Waals surface area (Å²) >= 11 is 0. The predicted molar refractivity (Wildman–Crippen MR) is 54.0 cm³/mol. The van der Waals surface area contributed by atoms with Crippen LogP contribution in [0.25, 0.3) is 0 Å². The lowest BCUT2D eigenvalue weighted by molar-refractivity contribution is 0.562. The van der Waals surface area contributed by atoms with E-state index < -0.39 is 0 Å². The van der Waals surface area contributed by atoms with Gasteiger partial charge in [-0.15, -0.1) is 5.10 Å². The van der Waals surface area contributed by atoms with Crippen LogP contribution in [0.1, 0.15) is 18.3 Å². The van der Waals surface area contributed by atoms with Crippen molar-refractivity contribution in [1.29, 1.82) is 0 Å². The summed E-state index contributed by atoms with van der Waals surface area (Å²) in [5.41, 5.74) is 6.61. The summed E-state index contributed by atoms with van der Waals surface area (Å²) in [6.07, 6.45) is 1.88. The van der Waals surface area contributed by atoms with Gasteiger partial charge in [0.2, 0.25) is 0 Å². The molecule has 15 heavy (non-hydrogen) atoms. The normalized spacial score (nSPS) is 10.8. The number of nitrogen functional groups attached to an aromatic ring is 1. The van der Waals surface area contributed by atoms with Gasteiger partial charge >= 0.3 is 0 Å². The number of rotatable bonds is 3. The Labute approximate surface area is 86.9 Å². The van der Waals surface area contributed by atoms with Crippen molar-refractivity contribution >= 4 is 5.82 Å². The summed E-state index contributed by atoms with van der Waals surface area (Å²) < 4.78 is 3.47. The molecule has 2 heterocycles. The molecule has 80 valence electrons. The van der Waals surface area contributed by atoms with Crippen molar-refractivity contribution in [3.63, 3.8) is 0 Å². The van der Waals surface area contributed by atoms with E-state index >= 15 is 0 Å². The number of aromatic nitrogens is 6. The zero-order valence-electron chi connectivity index (χ0n) is 8.75. The maximum absolute atomic E-state index is 5.65. The molecule has 0 fully saturated rings. The molecule has 0 saturated heterocycles. The van der Waals surface area contributed by atoms with Crippen molar-refractivity contribution in [2.75, 3.05) is 5.73 Å². The minimum atomic E-state index is 0.541. The molecule has 0 aliphatic heterocycles. The van der Waals surface area contributed by atoms with Crippen LogP contribution in [-0.2, 0) is 13.1 Å². The predicted octanol–water partition coefficient (Wildman–Crippen LogP) is -0.172. The van der Waals surface area contributed by atoms with Gasteiger partial charge in [-0.05, 0) is 24.3 Å². The van der Waals surface area contributed by atoms with E-state index in [1.54, 1.807) is 9.36 Å². The third kappa shape index (κ3) is 1.80. The Morgan fingerprint density at radius 3 is 2.87 bits per heavy atom. The van der Waals surface area contributed by atoms with Gasteiger partial charge in [0, 0.05) is 18.3 Å². The fraction of sp³-hybridized carbons (Fsp3) is 0.500. The van der Waals surface area contributed by atoms with Crippen LogP contribution >= 0.6 is 0 Å². The van der Waals surface area contributed by atoms with Crippen molar-refractivity contribution in [2.45, 2.75) is 26.9 Å². The lowest BCUT2D eigenvalue weighted by Gasteiger charge is -2.00. The lowest BCUT2D eigenvalue weighted by atomic mass is 10.4. The van der Waals surface area contributed by atoms with E-state index in [9.17, 15) is 0 Å². The van der Waals surface area contributed by atoms with E-state index in [4.69, 9.17) is 5.73 Å². The van der Waals surface area contributed by atoms with Crippen LogP contribution in [0.15, 0.2) is 6.20 Å². The quantitative estimate of drug-likeness (QED) is 0.754. The van der Waals surface area contributed by atoms with E-state index in [-0.39, 0.29) is 0 Å². The highest BCUT2D eigenvalue weighted by atomic mass is 15.5. The molecule has 2 N–H and O–H groups in total. The average molecular weight is 207 g/mol. The highest BCUT2D eigenvalue weighted by Gasteiger charge is 2.07. The van der Waals surface area contributed by atoms with Gasteiger partial charge in [-0.3, -0.25) is 4.68 Å². The average Bonchev–Trinajstić information content (AvgIpc) is 2.75. The van der Waals surface area contributed by atoms with Gasteiger partial charge in [-0.25, -0.2) is 4.68 Å². The Hall–Kier alpha value is -1.92. The molecule has 0 amide bonds. The molecule has 0 aliphatic carbocycles. The fourth-order valence-corrected chi connectivity index (χ4v) is 1.34. The van der Waals surface area contributed by atoms with Crippen LogP contribution in [-0.4, -0.2) is 30.0 Å². The molecule has 2 rings (SSSR count). The standard InChI is InChI=1S/C8H13N7/c1-3-15-7(10-12-13-15)5-14-4-6(2)8(9)11-14/h4H,3,5H2,1-2H3,(H2,9,11). The second-order valence-corrected chi connectivity index (χ2v) is 3.31. The second-order valence-electron chi connectivity index (χ2n) is 3.31. The molecule has 7 nitrogen and oxygen atoms in total.